The molecule has 0 aliphatic rings. The molecule has 2 N–H and O–H groups in total. The molecule has 0 atom stereocenters. The number of hydrogen-bond donors (Lipinski definition) is 1. The zero-order valence-corrected chi connectivity index (χ0v) is 8.85. The highest BCUT2D eigenvalue weighted by molar-refractivity contribution is 5.78. The highest BCUT2D eigenvalue weighted by Crippen LogP contribution is 2.06. The van der Waals surface area contributed by atoms with Gasteiger partial charge in [0.25, 0.3) is 0 Å². The lowest BCUT2D eigenvalue weighted by molar-refractivity contribution is -0.119. The summed E-state index contributed by atoms with van der Waals surface area (Å²) in [7, 11) is 0. The van der Waals surface area contributed by atoms with Crippen molar-refractivity contribution in [2.45, 2.75) is 58.3 Å². The van der Waals surface area contributed by atoms with Crippen molar-refractivity contribution in [3.8, 4) is 0 Å². The lowest BCUT2D eigenvalue weighted by Gasteiger charge is -1.99. The largest absolute Gasteiger partial charge is 0.330 e. The molecule has 78 valence electrons. The van der Waals surface area contributed by atoms with Crippen LogP contribution >= 0.6 is 0 Å². The summed E-state index contributed by atoms with van der Waals surface area (Å²) in [5.74, 6) is 0.439. The second kappa shape index (κ2) is 9.72. The number of ketones is 1. The molecular weight excluding hydrogens is 162 g/mol. The fourth-order valence-corrected chi connectivity index (χ4v) is 1.32. The van der Waals surface area contributed by atoms with E-state index in [2.05, 4.69) is 6.92 Å². The molecule has 0 aliphatic carbocycles. The molecule has 2 heteroatoms. The number of unbranched alkanes of at least 4 members (excludes halogenated alkanes) is 4. The highest BCUT2D eigenvalue weighted by atomic mass is 16.1. The Kier molecular flexibility index (Phi) is 9.44. The summed E-state index contributed by atoms with van der Waals surface area (Å²) in [4.78, 5) is 11.2. The molecule has 0 radical (unpaired) electrons. The van der Waals surface area contributed by atoms with Gasteiger partial charge in [0.2, 0.25) is 0 Å². The molecule has 0 saturated heterocycles. The maximum Gasteiger partial charge on any atom is 0.132 e. The lowest BCUT2D eigenvalue weighted by Crippen LogP contribution is -1.99. The molecule has 0 amide bonds. The van der Waals surface area contributed by atoms with Crippen LogP contribution in [0.2, 0.25) is 0 Å². The molecule has 2 nitrogen and oxygen atoms in total. The SMILES string of the molecule is CCCCC(=O)CCCCCCN. The molecule has 0 fully saturated rings. The van der Waals surface area contributed by atoms with Crippen LogP contribution in [0.15, 0.2) is 0 Å². The van der Waals surface area contributed by atoms with Crippen molar-refractivity contribution in [1.29, 1.82) is 0 Å². The lowest BCUT2D eigenvalue weighted by atomic mass is 10.1. The van der Waals surface area contributed by atoms with E-state index >= 15 is 0 Å². The van der Waals surface area contributed by atoms with Gasteiger partial charge in [-0.05, 0) is 25.8 Å². The molecule has 0 rings (SSSR count). The van der Waals surface area contributed by atoms with E-state index in [9.17, 15) is 4.79 Å². The molecule has 0 aliphatic heterocycles. The number of carbonyl (C=O) groups excluding carboxylic acids is 1. The van der Waals surface area contributed by atoms with Gasteiger partial charge in [0, 0.05) is 12.8 Å². The van der Waals surface area contributed by atoms with Gasteiger partial charge in [0.05, 0.1) is 0 Å². The molecular formula is C11H23NO. The smallest absolute Gasteiger partial charge is 0.132 e. The van der Waals surface area contributed by atoms with E-state index in [0.29, 0.717) is 5.78 Å². The van der Waals surface area contributed by atoms with E-state index < -0.39 is 0 Å². The van der Waals surface area contributed by atoms with E-state index in [1.165, 1.54) is 6.42 Å². The van der Waals surface area contributed by atoms with Crippen molar-refractivity contribution < 1.29 is 4.79 Å². The van der Waals surface area contributed by atoms with Gasteiger partial charge in [-0.15, -0.1) is 0 Å². The average molecular weight is 185 g/mol. The minimum absolute atomic E-state index is 0.439. The van der Waals surface area contributed by atoms with Gasteiger partial charge < -0.3 is 5.73 Å². The number of carbonyl (C=O) groups is 1. The standard InChI is InChI=1S/C11H23NO/c1-2-3-8-11(13)9-6-4-5-7-10-12/h2-10,12H2,1H3. The summed E-state index contributed by atoms with van der Waals surface area (Å²) < 4.78 is 0. The Labute approximate surface area is 81.9 Å². The van der Waals surface area contributed by atoms with Crippen LogP contribution in [0, 0.1) is 0 Å². The summed E-state index contributed by atoms with van der Waals surface area (Å²) in [6.45, 7) is 2.90. The number of nitrogens with two attached hydrogens (primary N) is 1. The maximum absolute atomic E-state index is 11.2. The molecule has 0 spiro atoms. The quantitative estimate of drug-likeness (QED) is 0.561. The van der Waals surface area contributed by atoms with Crippen LogP contribution in [-0.2, 0) is 4.79 Å². The molecule has 0 bridgehead atoms. The molecule has 0 saturated carbocycles. The molecule has 0 unspecified atom stereocenters. The number of hydrogen-bond acceptors (Lipinski definition) is 2. The first-order valence-corrected chi connectivity index (χ1v) is 5.53. The normalized spacial score (nSPS) is 10.3. The third-order valence-electron chi connectivity index (χ3n) is 2.22. The Hall–Kier alpha value is -0.370. The van der Waals surface area contributed by atoms with Crippen molar-refractivity contribution in [3.05, 3.63) is 0 Å². The number of rotatable bonds is 9. The van der Waals surface area contributed by atoms with Crippen LogP contribution in [0.25, 0.3) is 0 Å². The van der Waals surface area contributed by atoms with E-state index in [1.807, 2.05) is 0 Å². The third kappa shape index (κ3) is 9.54. The summed E-state index contributed by atoms with van der Waals surface area (Å²) in [6.07, 6.45) is 8.25. The minimum atomic E-state index is 0.439. The Balaban J connectivity index is 3.08. The predicted molar refractivity (Wildman–Crippen MR) is 56.7 cm³/mol. The van der Waals surface area contributed by atoms with Crippen molar-refractivity contribution >= 4 is 5.78 Å². The predicted octanol–water partition coefficient (Wildman–Crippen LogP) is 2.65. The minimum Gasteiger partial charge on any atom is -0.330 e. The first-order chi connectivity index (χ1) is 6.31. The molecule has 0 aromatic carbocycles. The Morgan fingerprint density at radius 2 is 1.62 bits per heavy atom. The molecule has 0 aromatic heterocycles. The zero-order valence-electron chi connectivity index (χ0n) is 8.85. The zero-order chi connectivity index (χ0) is 9.94. The van der Waals surface area contributed by atoms with Crippen molar-refractivity contribution in [3.63, 3.8) is 0 Å². The summed E-state index contributed by atoms with van der Waals surface area (Å²) in [5, 5.41) is 0. The van der Waals surface area contributed by atoms with Crippen LogP contribution in [0.3, 0.4) is 0 Å². The van der Waals surface area contributed by atoms with E-state index in [-0.39, 0.29) is 0 Å². The molecule has 0 heterocycles. The number of Topliss-reactive ketones (excluding diaryl/α,β-unsaturated/α-hetero) is 1. The topological polar surface area (TPSA) is 43.1 Å². The fraction of sp³-hybridized carbons (Fsp3) is 0.909. The highest BCUT2D eigenvalue weighted by Gasteiger charge is 1.99. The monoisotopic (exact) mass is 185 g/mol. The van der Waals surface area contributed by atoms with Crippen molar-refractivity contribution in [2.75, 3.05) is 6.54 Å². The van der Waals surface area contributed by atoms with Crippen LogP contribution in [0.4, 0.5) is 0 Å². The van der Waals surface area contributed by atoms with Gasteiger partial charge >= 0.3 is 0 Å². The van der Waals surface area contributed by atoms with E-state index in [4.69, 9.17) is 5.73 Å². The van der Waals surface area contributed by atoms with Gasteiger partial charge in [-0.2, -0.15) is 0 Å². The van der Waals surface area contributed by atoms with Gasteiger partial charge in [-0.25, -0.2) is 0 Å². The average Bonchev–Trinajstić information content (AvgIpc) is 2.14. The Morgan fingerprint density at radius 1 is 1.00 bits per heavy atom. The van der Waals surface area contributed by atoms with Crippen LogP contribution in [0.5, 0.6) is 0 Å². The summed E-state index contributed by atoms with van der Waals surface area (Å²) in [5.41, 5.74) is 5.37. The summed E-state index contributed by atoms with van der Waals surface area (Å²) in [6, 6.07) is 0. The van der Waals surface area contributed by atoms with Crippen LogP contribution < -0.4 is 5.73 Å². The molecule has 0 aromatic rings. The first kappa shape index (κ1) is 12.6. The van der Waals surface area contributed by atoms with Crippen molar-refractivity contribution in [1.82, 2.24) is 0 Å². The Morgan fingerprint density at radius 3 is 2.23 bits per heavy atom. The second-order valence-electron chi connectivity index (χ2n) is 3.60. The van der Waals surface area contributed by atoms with Gasteiger partial charge in [0.1, 0.15) is 5.78 Å². The van der Waals surface area contributed by atoms with Gasteiger partial charge in [0.15, 0.2) is 0 Å². The third-order valence-corrected chi connectivity index (χ3v) is 2.22. The maximum atomic E-state index is 11.2. The fourth-order valence-electron chi connectivity index (χ4n) is 1.32. The van der Waals surface area contributed by atoms with Crippen LogP contribution in [0.1, 0.15) is 58.3 Å². The van der Waals surface area contributed by atoms with Crippen molar-refractivity contribution in [2.24, 2.45) is 5.73 Å². The van der Waals surface area contributed by atoms with Crippen LogP contribution in [-0.4, -0.2) is 12.3 Å². The Bertz CT molecular complexity index is 123. The second-order valence-corrected chi connectivity index (χ2v) is 3.60. The van der Waals surface area contributed by atoms with E-state index in [1.54, 1.807) is 0 Å². The van der Waals surface area contributed by atoms with Gasteiger partial charge in [-0.1, -0.05) is 26.2 Å². The summed E-state index contributed by atoms with van der Waals surface area (Å²) >= 11 is 0. The van der Waals surface area contributed by atoms with Gasteiger partial charge in [-0.3, -0.25) is 4.79 Å². The first-order valence-electron chi connectivity index (χ1n) is 5.53. The van der Waals surface area contributed by atoms with E-state index in [0.717, 1.165) is 51.5 Å². The molecule has 13 heavy (non-hydrogen) atoms.